The van der Waals surface area contributed by atoms with Gasteiger partial charge in [-0.2, -0.15) is 0 Å². The van der Waals surface area contributed by atoms with Crippen LogP contribution in [0.2, 0.25) is 37.3 Å². The van der Waals surface area contributed by atoms with E-state index in [-0.39, 0.29) is 0 Å². The minimum Gasteiger partial charge on any atom is -0.353 e. The van der Waals surface area contributed by atoms with Crippen molar-refractivity contribution < 1.29 is 13.0 Å². The Morgan fingerprint density at radius 3 is 1.15 bits per heavy atom. The molecule has 122 valence electrons. The van der Waals surface area contributed by atoms with Gasteiger partial charge in [0.15, 0.2) is 0 Å². The van der Waals surface area contributed by atoms with Gasteiger partial charge in [-0.25, -0.2) is 0 Å². The lowest BCUT2D eigenvalue weighted by molar-refractivity contribution is 0.401. The van der Waals surface area contributed by atoms with Crippen molar-refractivity contribution in [3.05, 3.63) is 0 Å². The molecule has 0 spiro atoms. The van der Waals surface area contributed by atoms with Gasteiger partial charge in [0.2, 0.25) is 16.6 Å². The SMILES string of the molecule is CCC[Si](C)(CCC)O[PH](=O)O[Si](C)(CCC)CCC. The standard InChI is InChI=1S/C14H35O3PSi2/c1-7-11-19(5,12-8-2)16-18(15)17-20(6,13-9-3)14-10-4/h18H,7-14H2,1-6H3. The Balaban J connectivity index is 4.63. The van der Waals surface area contributed by atoms with Crippen molar-refractivity contribution in [1.82, 2.24) is 0 Å². The van der Waals surface area contributed by atoms with E-state index in [1.54, 1.807) is 0 Å². The van der Waals surface area contributed by atoms with Gasteiger partial charge in [0, 0.05) is 0 Å². The summed E-state index contributed by atoms with van der Waals surface area (Å²) in [5.74, 6) is 0. The molecule has 0 fully saturated rings. The van der Waals surface area contributed by atoms with E-state index in [9.17, 15) is 4.57 Å². The monoisotopic (exact) mass is 338 g/mol. The fourth-order valence-electron chi connectivity index (χ4n) is 2.99. The highest BCUT2D eigenvalue weighted by atomic mass is 31.1. The molecule has 0 aliphatic carbocycles. The van der Waals surface area contributed by atoms with Gasteiger partial charge in [-0.1, -0.05) is 53.4 Å². The van der Waals surface area contributed by atoms with Crippen molar-refractivity contribution in [3.8, 4) is 0 Å². The molecule has 0 saturated carbocycles. The maximum absolute atomic E-state index is 12.4. The van der Waals surface area contributed by atoms with Gasteiger partial charge in [-0.05, 0) is 37.3 Å². The maximum atomic E-state index is 12.4. The Morgan fingerprint density at radius 2 is 0.950 bits per heavy atom. The molecule has 0 saturated heterocycles. The zero-order valence-electron chi connectivity index (χ0n) is 14.4. The second-order valence-electron chi connectivity index (χ2n) is 6.35. The van der Waals surface area contributed by atoms with Crippen molar-refractivity contribution in [2.24, 2.45) is 0 Å². The molecule has 0 heterocycles. The van der Waals surface area contributed by atoms with E-state index in [1.165, 1.54) is 0 Å². The number of hydrogen-bond acceptors (Lipinski definition) is 3. The molecule has 0 aliphatic rings. The Hall–Kier alpha value is 0.584. The highest BCUT2D eigenvalue weighted by Crippen LogP contribution is 2.39. The molecule has 0 bridgehead atoms. The van der Waals surface area contributed by atoms with Gasteiger partial charge in [-0.3, -0.25) is 4.57 Å². The molecule has 0 aromatic heterocycles. The third-order valence-corrected chi connectivity index (χ3v) is 15.3. The molecular weight excluding hydrogens is 303 g/mol. The molecule has 0 N–H and O–H groups in total. The zero-order chi connectivity index (χ0) is 15.6. The van der Waals surface area contributed by atoms with E-state index in [0.717, 1.165) is 49.9 Å². The minimum absolute atomic E-state index is 1.08. The average molecular weight is 339 g/mol. The molecule has 0 radical (unpaired) electrons. The van der Waals surface area contributed by atoms with Gasteiger partial charge < -0.3 is 8.43 Å². The number of rotatable bonds is 12. The van der Waals surface area contributed by atoms with E-state index < -0.39 is 24.9 Å². The summed E-state index contributed by atoms with van der Waals surface area (Å²) in [6.45, 7) is 13.1. The molecule has 6 heteroatoms. The summed E-state index contributed by atoms with van der Waals surface area (Å²) in [6.07, 6.45) is 4.43. The molecule has 0 unspecified atom stereocenters. The minimum atomic E-state index is -2.32. The van der Waals surface area contributed by atoms with Crippen molar-refractivity contribution in [1.29, 1.82) is 0 Å². The molecule has 0 rings (SSSR count). The van der Waals surface area contributed by atoms with E-state index in [1.807, 2.05) is 0 Å². The van der Waals surface area contributed by atoms with Crippen molar-refractivity contribution in [2.45, 2.75) is 90.6 Å². The third-order valence-electron chi connectivity index (χ3n) is 3.77. The van der Waals surface area contributed by atoms with Crippen LogP contribution >= 0.6 is 8.25 Å². The van der Waals surface area contributed by atoms with Gasteiger partial charge in [-0.15, -0.1) is 0 Å². The third kappa shape index (κ3) is 8.13. The first kappa shape index (κ1) is 20.6. The lowest BCUT2D eigenvalue weighted by Crippen LogP contribution is -2.35. The Morgan fingerprint density at radius 1 is 0.700 bits per heavy atom. The Kier molecular flexibility index (Phi) is 10.6. The van der Waals surface area contributed by atoms with Crippen LogP contribution in [0.4, 0.5) is 0 Å². The first-order valence-electron chi connectivity index (χ1n) is 8.26. The summed E-state index contributed by atoms with van der Waals surface area (Å²) in [6, 6.07) is 4.34. The molecule has 0 atom stereocenters. The van der Waals surface area contributed by atoms with Gasteiger partial charge in [0.25, 0.3) is 8.25 Å². The predicted octanol–water partition coefficient (Wildman–Crippen LogP) is 6.20. The second-order valence-corrected chi connectivity index (χ2v) is 16.3. The Bertz CT molecular complexity index is 250. The summed E-state index contributed by atoms with van der Waals surface area (Å²) in [5, 5.41) is 0. The molecule has 20 heavy (non-hydrogen) atoms. The summed E-state index contributed by atoms with van der Waals surface area (Å²) < 4.78 is 24.4. The summed E-state index contributed by atoms with van der Waals surface area (Å²) in [7, 11) is -5.97. The predicted molar refractivity (Wildman–Crippen MR) is 94.8 cm³/mol. The Labute approximate surface area is 129 Å². The van der Waals surface area contributed by atoms with Crippen LogP contribution < -0.4 is 0 Å². The van der Waals surface area contributed by atoms with E-state index in [2.05, 4.69) is 40.8 Å². The lowest BCUT2D eigenvalue weighted by Gasteiger charge is -2.31. The van der Waals surface area contributed by atoms with E-state index in [4.69, 9.17) is 8.43 Å². The quantitative estimate of drug-likeness (QED) is 0.314. The summed E-state index contributed by atoms with van der Waals surface area (Å²) in [5.41, 5.74) is 0. The van der Waals surface area contributed by atoms with Crippen LogP contribution in [0.1, 0.15) is 53.4 Å². The smallest absolute Gasteiger partial charge is 0.299 e. The van der Waals surface area contributed by atoms with Crippen molar-refractivity contribution in [2.75, 3.05) is 0 Å². The van der Waals surface area contributed by atoms with Crippen LogP contribution in [0, 0.1) is 0 Å². The molecule has 0 aromatic carbocycles. The van der Waals surface area contributed by atoms with E-state index in [0.29, 0.717) is 0 Å². The second kappa shape index (κ2) is 10.3. The van der Waals surface area contributed by atoms with Gasteiger partial charge >= 0.3 is 0 Å². The molecule has 0 aromatic rings. The fraction of sp³-hybridized carbons (Fsp3) is 1.00. The molecule has 0 aliphatic heterocycles. The van der Waals surface area contributed by atoms with Crippen LogP contribution in [0.3, 0.4) is 0 Å². The summed E-state index contributed by atoms with van der Waals surface area (Å²) in [4.78, 5) is 0. The topological polar surface area (TPSA) is 35.5 Å². The molecular formula is C14H35O3PSi2. The van der Waals surface area contributed by atoms with Crippen molar-refractivity contribution >= 4 is 24.9 Å². The van der Waals surface area contributed by atoms with E-state index >= 15 is 0 Å². The molecule has 3 nitrogen and oxygen atoms in total. The van der Waals surface area contributed by atoms with Crippen LogP contribution in [-0.4, -0.2) is 16.6 Å². The largest absolute Gasteiger partial charge is 0.353 e. The highest BCUT2D eigenvalue weighted by Gasteiger charge is 2.34. The fourth-order valence-corrected chi connectivity index (χ4v) is 13.1. The van der Waals surface area contributed by atoms with Crippen molar-refractivity contribution in [3.63, 3.8) is 0 Å². The average Bonchev–Trinajstić information content (AvgIpc) is 2.28. The summed E-state index contributed by atoms with van der Waals surface area (Å²) >= 11 is 0. The van der Waals surface area contributed by atoms with Gasteiger partial charge in [0.05, 0.1) is 0 Å². The van der Waals surface area contributed by atoms with Crippen LogP contribution in [-0.2, 0) is 13.0 Å². The number of hydrogen-bond donors (Lipinski definition) is 0. The molecule has 0 amide bonds. The lowest BCUT2D eigenvalue weighted by atomic mass is 10.6. The van der Waals surface area contributed by atoms with Crippen LogP contribution in [0.5, 0.6) is 0 Å². The highest BCUT2D eigenvalue weighted by molar-refractivity contribution is 7.38. The van der Waals surface area contributed by atoms with Gasteiger partial charge in [0.1, 0.15) is 0 Å². The first-order valence-corrected chi connectivity index (χ1v) is 15.1. The zero-order valence-corrected chi connectivity index (χ0v) is 17.4. The van der Waals surface area contributed by atoms with Crippen LogP contribution in [0.15, 0.2) is 0 Å². The van der Waals surface area contributed by atoms with Crippen LogP contribution in [0.25, 0.3) is 0 Å². The first-order chi connectivity index (χ1) is 9.34. The normalized spacial score (nSPS) is 13.2. The maximum Gasteiger partial charge on any atom is 0.299 e.